The Hall–Kier alpha value is -1.35. The first-order valence-electron chi connectivity index (χ1n) is 6.18. The van der Waals surface area contributed by atoms with Crippen LogP contribution < -0.4 is 5.32 Å². The molecule has 1 aromatic rings. The van der Waals surface area contributed by atoms with E-state index >= 15 is 0 Å². The standard InChI is InChI=1S/C14H19NO2/c1-3-13-12-5-4-10(9-14(16)15-2)8-11(12)6-7-17-13/h4-5,8,13H,3,6-7,9H2,1-2H3,(H,15,16). The first-order chi connectivity index (χ1) is 8.24. The third-order valence-electron chi connectivity index (χ3n) is 3.26. The molecule has 0 saturated carbocycles. The SMILES string of the molecule is CCC1OCCc2cc(CC(=O)NC)ccc21. The van der Waals surface area contributed by atoms with Crippen molar-refractivity contribution in [2.75, 3.05) is 13.7 Å². The van der Waals surface area contributed by atoms with Crippen LogP contribution >= 0.6 is 0 Å². The van der Waals surface area contributed by atoms with Crippen molar-refractivity contribution in [1.29, 1.82) is 0 Å². The predicted octanol–water partition coefficient (Wildman–Crippen LogP) is 2.00. The molecule has 3 nitrogen and oxygen atoms in total. The van der Waals surface area contributed by atoms with E-state index in [1.165, 1.54) is 11.1 Å². The molecule has 17 heavy (non-hydrogen) atoms. The number of likely N-dealkylation sites (N-methyl/N-ethyl adjacent to an activating group) is 1. The molecule has 1 unspecified atom stereocenters. The highest BCUT2D eigenvalue weighted by Crippen LogP contribution is 2.30. The highest BCUT2D eigenvalue weighted by Gasteiger charge is 2.19. The Kier molecular flexibility index (Phi) is 3.79. The maximum Gasteiger partial charge on any atom is 0.224 e. The summed E-state index contributed by atoms with van der Waals surface area (Å²) < 4.78 is 5.72. The summed E-state index contributed by atoms with van der Waals surface area (Å²) in [7, 11) is 1.67. The molecule has 0 spiro atoms. The van der Waals surface area contributed by atoms with Crippen LogP contribution in [-0.2, 0) is 22.4 Å². The van der Waals surface area contributed by atoms with Gasteiger partial charge in [-0.15, -0.1) is 0 Å². The molecule has 3 heteroatoms. The number of carbonyl (C=O) groups excluding carboxylic acids is 1. The maximum absolute atomic E-state index is 11.3. The van der Waals surface area contributed by atoms with E-state index in [0.717, 1.165) is 25.0 Å². The number of ether oxygens (including phenoxy) is 1. The second kappa shape index (κ2) is 5.32. The van der Waals surface area contributed by atoms with Crippen molar-refractivity contribution in [3.05, 3.63) is 34.9 Å². The van der Waals surface area contributed by atoms with E-state index in [2.05, 4.69) is 24.4 Å². The summed E-state index contributed by atoms with van der Waals surface area (Å²) in [5.74, 6) is 0.0593. The molecule has 0 saturated heterocycles. The average molecular weight is 233 g/mol. The van der Waals surface area contributed by atoms with E-state index in [1.807, 2.05) is 6.07 Å². The number of amides is 1. The van der Waals surface area contributed by atoms with Crippen molar-refractivity contribution in [2.24, 2.45) is 0 Å². The van der Waals surface area contributed by atoms with Gasteiger partial charge >= 0.3 is 0 Å². The van der Waals surface area contributed by atoms with Gasteiger partial charge in [-0.25, -0.2) is 0 Å². The molecule has 0 aromatic heterocycles. The van der Waals surface area contributed by atoms with Gasteiger partial charge in [0, 0.05) is 7.05 Å². The molecule has 0 radical (unpaired) electrons. The third kappa shape index (κ3) is 2.67. The van der Waals surface area contributed by atoms with Crippen molar-refractivity contribution >= 4 is 5.91 Å². The van der Waals surface area contributed by atoms with Gasteiger partial charge in [0.05, 0.1) is 19.1 Å². The summed E-state index contributed by atoms with van der Waals surface area (Å²) in [6, 6.07) is 6.29. The van der Waals surface area contributed by atoms with E-state index in [1.54, 1.807) is 7.05 Å². The fourth-order valence-electron chi connectivity index (χ4n) is 2.31. The number of hydrogen-bond donors (Lipinski definition) is 1. The molecular formula is C14H19NO2. The highest BCUT2D eigenvalue weighted by atomic mass is 16.5. The number of benzene rings is 1. The van der Waals surface area contributed by atoms with Crippen molar-refractivity contribution in [3.8, 4) is 0 Å². The summed E-state index contributed by atoms with van der Waals surface area (Å²) in [6.07, 6.45) is 2.64. The summed E-state index contributed by atoms with van der Waals surface area (Å²) in [6.45, 7) is 2.92. The van der Waals surface area contributed by atoms with Gasteiger partial charge < -0.3 is 10.1 Å². The Morgan fingerprint density at radius 3 is 3.06 bits per heavy atom. The lowest BCUT2D eigenvalue weighted by atomic mass is 9.93. The molecule has 1 aliphatic rings. The summed E-state index contributed by atoms with van der Waals surface area (Å²) in [5.41, 5.74) is 3.71. The van der Waals surface area contributed by atoms with Gasteiger partial charge in [-0.05, 0) is 29.5 Å². The lowest BCUT2D eigenvalue weighted by Gasteiger charge is -2.25. The van der Waals surface area contributed by atoms with Crippen molar-refractivity contribution in [3.63, 3.8) is 0 Å². The smallest absolute Gasteiger partial charge is 0.224 e. The number of carbonyl (C=O) groups is 1. The third-order valence-corrected chi connectivity index (χ3v) is 3.26. The average Bonchev–Trinajstić information content (AvgIpc) is 2.37. The molecule has 1 aromatic carbocycles. The Morgan fingerprint density at radius 1 is 1.53 bits per heavy atom. The molecule has 1 heterocycles. The Labute approximate surface area is 102 Å². The zero-order valence-electron chi connectivity index (χ0n) is 10.5. The van der Waals surface area contributed by atoms with Crippen LogP contribution in [0.4, 0.5) is 0 Å². The first-order valence-corrected chi connectivity index (χ1v) is 6.18. The molecule has 92 valence electrons. The van der Waals surface area contributed by atoms with Crippen molar-refractivity contribution < 1.29 is 9.53 Å². The van der Waals surface area contributed by atoms with Crippen LogP contribution in [0.3, 0.4) is 0 Å². The predicted molar refractivity (Wildman–Crippen MR) is 66.9 cm³/mol. The lowest BCUT2D eigenvalue weighted by Crippen LogP contribution is -2.21. The van der Waals surface area contributed by atoms with Gasteiger partial charge in [-0.3, -0.25) is 4.79 Å². The Morgan fingerprint density at radius 2 is 2.35 bits per heavy atom. The maximum atomic E-state index is 11.3. The van der Waals surface area contributed by atoms with E-state index in [4.69, 9.17) is 4.74 Å². The normalized spacial score (nSPS) is 18.6. The fraction of sp³-hybridized carbons (Fsp3) is 0.500. The molecule has 0 aliphatic carbocycles. The quantitative estimate of drug-likeness (QED) is 0.867. The highest BCUT2D eigenvalue weighted by molar-refractivity contribution is 5.78. The minimum Gasteiger partial charge on any atom is -0.373 e. The largest absolute Gasteiger partial charge is 0.373 e. The van der Waals surface area contributed by atoms with E-state index in [-0.39, 0.29) is 12.0 Å². The van der Waals surface area contributed by atoms with E-state index in [0.29, 0.717) is 6.42 Å². The van der Waals surface area contributed by atoms with Crippen LogP contribution in [0.5, 0.6) is 0 Å². The number of nitrogens with one attached hydrogen (secondary N) is 1. The summed E-state index contributed by atoms with van der Waals surface area (Å²) in [5, 5.41) is 2.65. The molecule has 1 N–H and O–H groups in total. The van der Waals surface area contributed by atoms with Crippen LogP contribution in [0.1, 0.15) is 36.1 Å². The van der Waals surface area contributed by atoms with Crippen molar-refractivity contribution in [1.82, 2.24) is 5.32 Å². The minimum absolute atomic E-state index is 0.0593. The summed E-state index contributed by atoms with van der Waals surface area (Å²) >= 11 is 0. The zero-order valence-corrected chi connectivity index (χ0v) is 10.5. The Bertz CT molecular complexity index is 415. The monoisotopic (exact) mass is 233 g/mol. The second-order valence-electron chi connectivity index (χ2n) is 4.40. The van der Waals surface area contributed by atoms with Crippen LogP contribution in [0.2, 0.25) is 0 Å². The topological polar surface area (TPSA) is 38.3 Å². The van der Waals surface area contributed by atoms with E-state index < -0.39 is 0 Å². The van der Waals surface area contributed by atoms with Crippen LogP contribution in [0.15, 0.2) is 18.2 Å². The minimum atomic E-state index is 0.0593. The molecule has 1 aliphatic heterocycles. The summed E-state index contributed by atoms with van der Waals surface area (Å²) in [4.78, 5) is 11.3. The van der Waals surface area contributed by atoms with Gasteiger partial charge in [0.25, 0.3) is 0 Å². The van der Waals surface area contributed by atoms with Crippen LogP contribution in [-0.4, -0.2) is 19.6 Å². The van der Waals surface area contributed by atoms with Gasteiger partial charge in [0.1, 0.15) is 0 Å². The molecule has 1 amide bonds. The molecular weight excluding hydrogens is 214 g/mol. The number of rotatable bonds is 3. The molecule has 1 atom stereocenters. The van der Waals surface area contributed by atoms with Gasteiger partial charge in [-0.1, -0.05) is 25.1 Å². The zero-order chi connectivity index (χ0) is 12.3. The molecule has 0 bridgehead atoms. The van der Waals surface area contributed by atoms with Gasteiger partial charge in [-0.2, -0.15) is 0 Å². The lowest BCUT2D eigenvalue weighted by molar-refractivity contribution is -0.119. The van der Waals surface area contributed by atoms with Crippen LogP contribution in [0.25, 0.3) is 0 Å². The van der Waals surface area contributed by atoms with Crippen LogP contribution in [0, 0.1) is 0 Å². The fourth-order valence-corrected chi connectivity index (χ4v) is 2.31. The Balaban J connectivity index is 2.21. The van der Waals surface area contributed by atoms with E-state index in [9.17, 15) is 4.79 Å². The van der Waals surface area contributed by atoms with Gasteiger partial charge in [0.15, 0.2) is 0 Å². The number of fused-ring (bicyclic) bond motifs is 1. The van der Waals surface area contributed by atoms with Gasteiger partial charge in [0.2, 0.25) is 5.91 Å². The molecule has 2 rings (SSSR count). The second-order valence-corrected chi connectivity index (χ2v) is 4.40. The first kappa shape index (κ1) is 12.1. The molecule has 0 fully saturated rings. The number of hydrogen-bond acceptors (Lipinski definition) is 2. The van der Waals surface area contributed by atoms with Crippen molar-refractivity contribution in [2.45, 2.75) is 32.3 Å².